The fourth-order valence-electron chi connectivity index (χ4n) is 2.91. The number of nitrogens with one attached hydrogen (secondary N) is 1. The molecule has 0 aliphatic heterocycles. The van der Waals surface area contributed by atoms with E-state index in [1.54, 1.807) is 27.0 Å². The summed E-state index contributed by atoms with van der Waals surface area (Å²) < 4.78 is 10.8. The van der Waals surface area contributed by atoms with Gasteiger partial charge in [-0.2, -0.15) is 0 Å². The molecule has 192 valence electrons. The molecule has 0 bridgehead atoms. The van der Waals surface area contributed by atoms with Crippen molar-refractivity contribution in [2.24, 2.45) is 22.4 Å². The molecule has 0 unspecified atom stereocenters. The van der Waals surface area contributed by atoms with Gasteiger partial charge in [0.25, 0.3) is 0 Å². The number of hydrazine groups is 1. The van der Waals surface area contributed by atoms with E-state index >= 15 is 0 Å². The molecule has 0 saturated carbocycles. The average Bonchev–Trinajstić information content (AvgIpc) is 2.67. The van der Waals surface area contributed by atoms with E-state index in [-0.39, 0.29) is 12.3 Å². The molecule has 9 nitrogen and oxygen atoms in total. The van der Waals surface area contributed by atoms with Gasteiger partial charge in [0.1, 0.15) is 0 Å². The van der Waals surface area contributed by atoms with Crippen molar-refractivity contribution in [3.63, 3.8) is 0 Å². The highest BCUT2D eigenvalue weighted by atomic mass is 16.5. The highest BCUT2D eigenvalue weighted by molar-refractivity contribution is 5.77. The summed E-state index contributed by atoms with van der Waals surface area (Å²) in [6, 6.07) is 0. The second-order valence-electron chi connectivity index (χ2n) is 8.39. The Morgan fingerprint density at radius 1 is 1.00 bits per heavy atom. The van der Waals surface area contributed by atoms with E-state index in [1.165, 1.54) is 5.01 Å². The second kappa shape index (κ2) is 19.8. The molecule has 0 aromatic rings. The summed E-state index contributed by atoms with van der Waals surface area (Å²) in [5.41, 5.74) is 4.86. The Labute approximate surface area is 195 Å². The maximum Gasteiger partial charge on any atom is 0.309 e. The van der Waals surface area contributed by atoms with E-state index in [4.69, 9.17) is 21.1 Å². The minimum atomic E-state index is -0.868. The summed E-state index contributed by atoms with van der Waals surface area (Å²) in [4.78, 5) is 23.3. The number of carbonyl (C=O) groups is 2. The SMILES string of the molecule is C/C(N)=C/N(N)CCOCCOCCNC(=O)CC(C)(C)CC(C)(C)C(=O)O.CC.CC. The number of amides is 1. The van der Waals surface area contributed by atoms with Crippen LogP contribution in [-0.4, -0.2) is 61.5 Å². The summed E-state index contributed by atoms with van der Waals surface area (Å²) in [6.07, 6.45) is 2.31. The topological polar surface area (TPSA) is 140 Å². The molecule has 1 amide bonds. The number of nitrogens with zero attached hydrogens (tertiary/aromatic N) is 1. The Morgan fingerprint density at radius 3 is 1.97 bits per heavy atom. The van der Waals surface area contributed by atoms with Crippen LogP contribution in [0.2, 0.25) is 0 Å². The van der Waals surface area contributed by atoms with Crippen molar-refractivity contribution < 1.29 is 24.2 Å². The third-order valence-electron chi connectivity index (χ3n) is 3.94. The molecule has 0 saturated heterocycles. The van der Waals surface area contributed by atoms with Crippen LogP contribution >= 0.6 is 0 Å². The van der Waals surface area contributed by atoms with Gasteiger partial charge in [-0.05, 0) is 32.6 Å². The molecule has 0 radical (unpaired) electrons. The normalized spacial score (nSPS) is 11.5. The van der Waals surface area contributed by atoms with E-state index in [0.717, 1.165) is 0 Å². The van der Waals surface area contributed by atoms with Crippen molar-refractivity contribution in [3.05, 3.63) is 11.9 Å². The van der Waals surface area contributed by atoms with Crippen LogP contribution in [0.5, 0.6) is 0 Å². The number of rotatable bonds is 15. The van der Waals surface area contributed by atoms with Gasteiger partial charge in [0.2, 0.25) is 5.91 Å². The van der Waals surface area contributed by atoms with Gasteiger partial charge in [0, 0.05) is 24.9 Å². The maximum atomic E-state index is 12.1. The van der Waals surface area contributed by atoms with Crippen molar-refractivity contribution in [1.82, 2.24) is 10.3 Å². The number of hydrogen-bond acceptors (Lipinski definition) is 7. The van der Waals surface area contributed by atoms with Gasteiger partial charge in [-0.3, -0.25) is 9.59 Å². The van der Waals surface area contributed by atoms with Crippen LogP contribution in [0.4, 0.5) is 0 Å². The molecule has 0 aliphatic carbocycles. The number of carboxylic acids is 1. The largest absolute Gasteiger partial charge is 0.481 e. The van der Waals surface area contributed by atoms with Crippen LogP contribution in [0.3, 0.4) is 0 Å². The van der Waals surface area contributed by atoms with Crippen LogP contribution in [0.25, 0.3) is 0 Å². The average molecular weight is 463 g/mol. The standard InChI is InChI=1S/C19H38N4O5.2C2H6/c1-15(20)13-23(21)7-9-28-11-10-27-8-6-22-16(24)12-18(2,3)14-19(4,5)17(25)26;2*1-2/h13H,6-12,14,20-21H2,1-5H3,(H,22,24)(H,25,26);2*1-2H3/b15-13-;;. The summed E-state index contributed by atoms with van der Waals surface area (Å²) in [7, 11) is 0. The summed E-state index contributed by atoms with van der Waals surface area (Å²) in [5.74, 6) is 4.70. The molecular formula is C23H50N4O5. The number of carboxylic acid groups (broad SMARTS) is 1. The van der Waals surface area contributed by atoms with Crippen LogP contribution in [0, 0.1) is 10.8 Å². The van der Waals surface area contributed by atoms with Crippen molar-refractivity contribution in [2.45, 2.75) is 75.2 Å². The minimum absolute atomic E-state index is 0.114. The van der Waals surface area contributed by atoms with Crippen LogP contribution in [0.15, 0.2) is 11.9 Å². The molecular weight excluding hydrogens is 412 g/mol. The maximum absolute atomic E-state index is 12.1. The lowest BCUT2D eigenvalue weighted by molar-refractivity contribution is -0.149. The number of hydrogen-bond donors (Lipinski definition) is 4. The van der Waals surface area contributed by atoms with Gasteiger partial charge in [0.15, 0.2) is 0 Å². The number of carbonyl (C=O) groups excluding carboxylic acids is 1. The third-order valence-corrected chi connectivity index (χ3v) is 3.94. The quantitative estimate of drug-likeness (QED) is 0.165. The van der Waals surface area contributed by atoms with Gasteiger partial charge >= 0.3 is 5.97 Å². The number of aliphatic carboxylic acids is 1. The highest BCUT2D eigenvalue weighted by Crippen LogP contribution is 2.36. The Kier molecular flexibility index (Phi) is 21.5. The first-order valence-corrected chi connectivity index (χ1v) is 11.5. The monoisotopic (exact) mass is 462 g/mol. The number of allylic oxidation sites excluding steroid dienone is 1. The van der Waals surface area contributed by atoms with Crippen molar-refractivity contribution in [1.29, 1.82) is 0 Å². The van der Waals surface area contributed by atoms with E-state index in [0.29, 0.717) is 51.6 Å². The molecule has 0 aromatic carbocycles. The molecule has 0 atom stereocenters. The molecule has 0 aliphatic rings. The lowest BCUT2D eigenvalue weighted by Crippen LogP contribution is -2.35. The predicted molar refractivity (Wildman–Crippen MR) is 131 cm³/mol. The fraction of sp³-hybridized carbons (Fsp3) is 0.826. The summed E-state index contributed by atoms with van der Waals surface area (Å²) in [5, 5.41) is 13.5. The summed E-state index contributed by atoms with van der Waals surface area (Å²) >= 11 is 0. The van der Waals surface area contributed by atoms with Crippen molar-refractivity contribution in [3.8, 4) is 0 Å². The molecule has 0 heterocycles. The van der Waals surface area contributed by atoms with Gasteiger partial charge in [-0.1, -0.05) is 41.5 Å². The smallest absolute Gasteiger partial charge is 0.309 e. The van der Waals surface area contributed by atoms with Gasteiger partial charge in [-0.25, -0.2) is 5.84 Å². The first kappa shape index (κ1) is 34.8. The van der Waals surface area contributed by atoms with E-state index in [1.807, 2.05) is 41.5 Å². The van der Waals surface area contributed by atoms with Crippen LogP contribution < -0.4 is 16.9 Å². The Morgan fingerprint density at radius 2 is 1.50 bits per heavy atom. The fourth-order valence-corrected chi connectivity index (χ4v) is 2.91. The molecule has 0 fully saturated rings. The molecule has 0 rings (SSSR count). The lowest BCUT2D eigenvalue weighted by Gasteiger charge is -2.31. The molecule has 0 aromatic heterocycles. The van der Waals surface area contributed by atoms with E-state index in [9.17, 15) is 14.7 Å². The third kappa shape index (κ3) is 21.4. The molecule has 32 heavy (non-hydrogen) atoms. The number of ether oxygens (including phenoxy) is 2. The van der Waals surface area contributed by atoms with Crippen LogP contribution in [-0.2, 0) is 19.1 Å². The first-order chi connectivity index (χ1) is 14.9. The Hall–Kier alpha value is -1.84. The van der Waals surface area contributed by atoms with Gasteiger partial charge in [0.05, 0.1) is 38.4 Å². The highest BCUT2D eigenvalue weighted by Gasteiger charge is 2.35. The van der Waals surface area contributed by atoms with Gasteiger partial charge < -0.3 is 30.6 Å². The van der Waals surface area contributed by atoms with Crippen molar-refractivity contribution in [2.75, 3.05) is 39.5 Å². The zero-order valence-corrected chi connectivity index (χ0v) is 21.9. The van der Waals surface area contributed by atoms with Crippen molar-refractivity contribution >= 4 is 11.9 Å². The van der Waals surface area contributed by atoms with E-state index < -0.39 is 16.8 Å². The minimum Gasteiger partial charge on any atom is -0.481 e. The second-order valence-corrected chi connectivity index (χ2v) is 8.39. The molecule has 0 spiro atoms. The summed E-state index contributed by atoms with van der Waals surface area (Å²) in [6.45, 7) is 19.5. The predicted octanol–water partition coefficient (Wildman–Crippen LogP) is 3.10. The number of nitrogens with two attached hydrogens (primary N) is 2. The molecule has 6 N–H and O–H groups in total. The zero-order chi connectivity index (χ0) is 25.8. The van der Waals surface area contributed by atoms with E-state index in [2.05, 4.69) is 5.32 Å². The Bertz CT molecular complexity index is 519. The lowest BCUT2D eigenvalue weighted by atomic mass is 9.73. The molecule has 9 heteroatoms. The van der Waals surface area contributed by atoms with Crippen LogP contribution in [0.1, 0.15) is 75.2 Å². The Balaban J connectivity index is -0.00000198. The first-order valence-electron chi connectivity index (χ1n) is 11.5. The van der Waals surface area contributed by atoms with Gasteiger partial charge in [-0.15, -0.1) is 0 Å². The zero-order valence-electron chi connectivity index (χ0n) is 21.9.